The molecule has 0 saturated carbocycles. The van der Waals surface area contributed by atoms with Gasteiger partial charge in [0, 0.05) is 51.4 Å². The number of benzene rings is 12. The maximum absolute atomic E-state index is 2.55. The summed E-state index contributed by atoms with van der Waals surface area (Å²) >= 11 is 0. The van der Waals surface area contributed by atoms with Crippen molar-refractivity contribution in [3.05, 3.63) is 347 Å². The van der Waals surface area contributed by atoms with Crippen molar-refractivity contribution in [1.29, 1.82) is 0 Å². The molecule has 0 radical (unpaired) electrons. The molecule has 3 nitrogen and oxygen atoms in total. The van der Waals surface area contributed by atoms with Gasteiger partial charge in [0.1, 0.15) is 0 Å². The van der Waals surface area contributed by atoms with E-state index in [1.165, 1.54) is 106 Å². The van der Waals surface area contributed by atoms with Crippen LogP contribution in [-0.4, -0.2) is 11.1 Å². The third kappa shape index (κ3) is 6.54. The van der Waals surface area contributed by atoms with Crippen LogP contribution in [0, 0.1) is 0 Å². The summed E-state index contributed by atoms with van der Waals surface area (Å²) in [6, 6.07) is 111. The number of aromatic nitrogens is 1. The molecule has 12 aromatic carbocycles. The molecule has 13 aromatic rings. The Balaban J connectivity index is 0.995. The zero-order valence-electron chi connectivity index (χ0n) is 43.5. The van der Waals surface area contributed by atoms with Crippen LogP contribution in [0.5, 0.6) is 0 Å². The Kier molecular flexibility index (Phi) is 10.2. The molecule has 1 aromatic heterocycles. The zero-order valence-corrected chi connectivity index (χ0v) is 43.5. The van der Waals surface area contributed by atoms with E-state index in [1.54, 1.807) is 0 Å². The highest BCUT2D eigenvalue weighted by atomic mass is 15.2. The van der Waals surface area contributed by atoms with Crippen molar-refractivity contribution in [3.8, 4) is 27.9 Å². The molecule has 0 amide bonds. The van der Waals surface area contributed by atoms with Gasteiger partial charge in [-0.15, -0.1) is 0 Å². The Hall–Kier alpha value is -9.96. The molecule has 3 aliphatic rings. The smallest absolute Gasteiger partial charge is 0.0714 e. The minimum absolute atomic E-state index is 0.580. The van der Waals surface area contributed by atoms with E-state index < -0.39 is 10.8 Å². The van der Waals surface area contributed by atoms with Gasteiger partial charge in [0.05, 0.1) is 21.9 Å². The van der Waals surface area contributed by atoms with Gasteiger partial charge in [-0.25, -0.2) is 0 Å². The molecule has 0 unspecified atom stereocenters. The van der Waals surface area contributed by atoms with Crippen LogP contribution in [0.25, 0.3) is 49.7 Å². The molecule has 0 atom stereocenters. The minimum Gasteiger partial charge on any atom is -0.341 e. The molecular weight excluding hydrogens is 955 g/mol. The van der Waals surface area contributed by atoms with Crippen LogP contribution in [0.3, 0.4) is 0 Å². The monoisotopic (exact) mass is 1010 g/mol. The summed E-state index contributed by atoms with van der Waals surface area (Å²) in [4.78, 5) is 5.05. The number of hydrogen-bond acceptors (Lipinski definition) is 2. The first-order valence-electron chi connectivity index (χ1n) is 27.7. The molecule has 3 heteroatoms. The minimum atomic E-state index is -0.580. The van der Waals surface area contributed by atoms with E-state index in [0.29, 0.717) is 0 Å². The lowest BCUT2D eigenvalue weighted by Gasteiger charge is -2.36. The number of hydrogen-bond donors (Lipinski definition) is 0. The van der Waals surface area contributed by atoms with E-state index in [1.807, 2.05) is 0 Å². The molecule has 16 rings (SSSR count). The van der Waals surface area contributed by atoms with Gasteiger partial charge in [0.2, 0.25) is 0 Å². The van der Waals surface area contributed by atoms with Crippen molar-refractivity contribution in [1.82, 2.24) is 4.57 Å². The van der Waals surface area contributed by atoms with E-state index in [0.717, 1.165) is 35.7 Å². The van der Waals surface area contributed by atoms with Crippen LogP contribution in [0.2, 0.25) is 0 Å². The predicted octanol–water partition coefficient (Wildman–Crippen LogP) is 18.7. The lowest BCUT2D eigenvalue weighted by Crippen LogP contribution is -2.29. The molecule has 2 heterocycles. The molecule has 0 spiro atoms. The summed E-state index contributed by atoms with van der Waals surface area (Å²) in [7, 11) is 0. The number of nitrogens with zero attached hydrogens (tertiary/aromatic N) is 3. The van der Waals surface area contributed by atoms with Crippen LogP contribution in [0.4, 0.5) is 28.4 Å². The second-order valence-corrected chi connectivity index (χ2v) is 21.4. The summed E-state index contributed by atoms with van der Waals surface area (Å²) in [6.07, 6.45) is 0.947. The second-order valence-electron chi connectivity index (χ2n) is 21.4. The Morgan fingerprint density at radius 2 is 0.709 bits per heavy atom. The van der Waals surface area contributed by atoms with E-state index in [9.17, 15) is 0 Å². The zero-order chi connectivity index (χ0) is 52.1. The lowest BCUT2D eigenvalue weighted by atomic mass is 9.67. The maximum atomic E-state index is 2.55. The summed E-state index contributed by atoms with van der Waals surface area (Å²) < 4.78 is 2.48. The number of para-hydroxylation sites is 2. The van der Waals surface area contributed by atoms with E-state index in [4.69, 9.17) is 0 Å². The van der Waals surface area contributed by atoms with Crippen LogP contribution >= 0.6 is 0 Å². The highest BCUT2D eigenvalue weighted by Gasteiger charge is 2.48. The largest absolute Gasteiger partial charge is 0.341 e. The quantitative estimate of drug-likeness (QED) is 0.143. The molecule has 0 saturated heterocycles. The van der Waals surface area contributed by atoms with Crippen LogP contribution in [0.1, 0.15) is 50.1 Å². The first-order chi connectivity index (χ1) is 39.2. The van der Waals surface area contributed by atoms with Crippen molar-refractivity contribution >= 4 is 50.2 Å². The van der Waals surface area contributed by atoms with Gasteiger partial charge >= 0.3 is 0 Å². The van der Waals surface area contributed by atoms with Gasteiger partial charge in [-0.1, -0.05) is 218 Å². The Morgan fingerprint density at radius 3 is 1.20 bits per heavy atom. The maximum Gasteiger partial charge on any atom is 0.0714 e. The SMILES string of the molecule is c1ccc(N2CCc3c2ccc2c3c3cc(N(c4ccc5c(c4)C(c4ccccc4)(c4ccccc4)c4ccccc4-5)c4ccc5c(c4)C(c4ccccc4)(c4ccccc4)c4ccccc4-5)ccc3n2-c2ccccc2)cc1. The van der Waals surface area contributed by atoms with E-state index >= 15 is 0 Å². The van der Waals surface area contributed by atoms with Gasteiger partial charge in [-0.2, -0.15) is 0 Å². The van der Waals surface area contributed by atoms with Crippen LogP contribution in [-0.2, 0) is 17.3 Å². The lowest BCUT2D eigenvalue weighted by molar-refractivity contribution is 0.767. The van der Waals surface area contributed by atoms with Crippen LogP contribution in [0.15, 0.2) is 297 Å². The Bertz CT molecular complexity index is 4210. The number of anilines is 5. The summed E-state index contributed by atoms with van der Waals surface area (Å²) in [5, 5.41) is 2.55. The van der Waals surface area contributed by atoms with E-state index in [2.05, 4.69) is 312 Å². The van der Waals surface area contributed by atoms with Gasteiger partial charge < -0.3 is 14.4 Å². The fourth-order valence-corrected chi connectivity index (χ4v) is 14.5. The molecule has 0 fully saturated rings. The van der Waals surface area contributed by atoms with Gasteiger partial charge in [0.15, 0.2) is 0 Å². The van der Waals surface area contributed by atoms with Crippen molar-refractivity contribution in [2.24, 2.45) is 0 Å². The second kappa shape index (κ2) is 17.8. The third-order valence-electron chi connectivity index (χ3n) is 17.6. The van der Waals surface area contributed by atoms with Crippen molar-refractivity contribution < 1.29 is 0 Å². The first kappa shape index (κ1) is 45.3. The Labute approximate surface area is 461 Å². The molecular formula is C76H53N3. The molecule has 0 bridgehead atoms. The van der Waals surface area contributed by atoms with Gasteiger partial charge in [-0.3, -0.25) is 0 Å². The predicted molar refractivity (Wildman–Crippen MR) is 327 cm³/mol. The van der Waals surface area contributed by atoms with Crippen molar-refractivity contribution in [3.63, 3.8) is 0 Å². The molecule has 1 aliphatic heterocycles. The fourth-order valence-electron chi connectivity index (χ4n) is 14.5. The number of fused-ring (bicyclic) bond motifs is 11. The highest BCUT2D eigenvalue weighted by molar-refractivity contribution is 6.14. The van der Waals surface area contributed by atoms with E-state index in [-0.39, 0.29) is 0 Å². The van der Waals surface area contributed by atoms with Gasteiger partial charge in [-0.05, 0) is 158 Å². The highest BCUT2D eigenvalue weighted by Crippen LogP contribution is 2.60. The summed E-state index contributed by atoms with van der Waals surface area (Å²) in [5.41, 5.74) is 24.7. The average molecular weight is 1010 g/mol. The topological polar surface area (TPSA) is 11.4 Å². The van der Waals surface area contributed by atoms with Crippen LogP contribution < -0.4 is 9.80 Å². The molecule has 0 N–H and O–H groups in total. The van der Waals surface area contributed by atoms with Gasteiger partial charge in [0.25, 0.3) is 0 Å². The molecule has 2 aliphatic carbocycles. The molecule has 79 heavy (non-hydrogen) atoms. The fraction of sp³-hybridized carbons (Fsp3) is 0.0526. The normalized spacial score (nSPS) is 14.2. The standard InChI is InChI=1S/C76H53N3/c1-7-23-52(24-8-1)75(53-25-9-2-10-26-53)67-37-21-19-35-61(67)63-42-39-59(50-69(63)75)78(60-40-43-64-62-36-20-22-38-68(62)76(70(64)51-60,54-27-11-3-12-28-54)55-29-13-4-14-30-55)58-41-44-72-66(49-58)74-65-47-48-77(56-31-15-5-16-32-56)71(65)45-46-73(74)79(72)57-33-17-6-18-34-57/h1-46,49-51H,47-48H2. The molecule has 372 valence electrons. The average Bonchev–Trinajstić information content (AvgIpc) is 4.18. The first-order valence-corrected chi connectivity index (χ1v) is 27.7. The summed E-state index contributed by atoms with van der Waals surface area (Å²) in [5.74, 6) is 0. The summed E-state index contributed by atoms with van der Waals surface area (Å²) in [6.45, 7) is 0.923. The Morgan fingerprint density at radius 1 is 0.316 bits per heavy atom. The van der Waals surface area contributed by atoms with Crippen molar-refractivity contribution in [2.75, 3.05) is 16.3 Å². The van der Waals surface area contributed by atoms with Crippen molar-refractivity contribution in [2.45, 2.75) is 17.3 Å². The third-order valence-corrected chi connectivity index (χ3v) is 17.6. The number of rotatable bonds is 9.